The normalized spacial score (nSPS) is 16.3. The molecule has 0 bridgehead atoms. The first kappa shape index (κ1) is 22.3. The molecule has 0 aliphatic carbocycles. The second-order valence-corrected chi connectivity index (χ2v) is 9.03. The highest BCUT2D eigenvalue weighted by Gasteiger charge is 2.25. The summed E-state index contributed by atoms with van der Waals surface area (Å²) in [7, 11) is 0. The first-order valence-electron chi connectivity index (χ1n) is 11.8. The number of aromatic nitrogens is 2. The van der Waals surface area contributed by atoms with E-state index in [9.17, 15) is 18.8 Å². The molecule has 0 unspecified atom stereocenters. The number of anilines is 1. The predicted molar refractivity (Wildman–Crippen MR) is 128 cm³/mol. The van der Waals surface area contributed by atoms with Crippen molar-refractivity contribution < 1.29 is 14.0 Å². The summed E-state index contributed by atoms with van der Waals surface area (Å²) in [5.74, 6) is 0.0693. The number of hydrogen-bond acceptors (Lipinski definition) is 5. The number of rotatable bonds is 3. The first-order valence-corrected chi connectivity index (χ1v) is 11.8. The number of carbonyl (C=O) groups excluding carboxylic acids is 2. The van der Waals surface area contributed by atoms with Gasteiger partial charge in [0, 0.05) is 50.3 Å². The maximum Gasteiger partial charge on any atom is 0.261 e. The van der Waals surface area contributed by atoms with Gasteiger partial charge in [0.2, 0.25) is 0 Å². The summed E-state index contributed by atoms with van der Waals surface area (Å²) >= 11 is 0. The van der Waals surface area contributed by atoms with Crippen LogP contribution in [0.25, 0.3) is 10.9 Å². The van der Waals surface area contributed by atoms with Crippen molar-refractivity contribution in [2.24, 2.45) is 0 Å². The number of aryl methyl sites for hydroxylation is 1. The Morgan fingerprint density at radius 3 is 2.41 bits per heavy atom. The summed E-state index contributed by atoms with van der Waals surface area (Å²) in [4.78, 5) is 46.0. The Morgan fingerprint density at radius 2 is 1.68 bits per heavy atom. The van der Waals surface area contributed by atoms with Gasteiger partial charge in [-0.2, -0.15) is 0 Å². The molecule has 7 nitrogen and oxygen atoms in total. The van der Waals surface area contributed by atoms with Crippen molar-refractivity contribution in [3.8, 4) is 0 Å². The fraction of sp³-hybridized carbons (Fsp3) is 0.385. The summed E-state index contributed by atoms with van der Waals surface area (Å²) in [5.41, 5.74) is 1.82. The monoisotopic (exact) mass is 462 g/mol. The second-order valence-electron chi connectivity index (χ2n) is 9.03. The van der Waals surface area contributed by atoms with Crippen LogP contribution in [0.4, 0.5) is 10.1 Å². The molecule has 5 rings (SSSR count). The average molecular weight is 463 g/mol. The second kappa shape index (κ2) is 9.00. The molecule has 8 heteroatoms. The van der Waals surface area contributed by atoms with Crippen molar-refractivity contribution in [1.82, 2.24) is 14.5 Å². The van der Waals surface area contributed by atoms with Gasteiger partial charge in [-0.15, -0.1) is 0 Å². The molecular weight excluding hydrogens is 435 g/mol. The van der Waals surface area contributed by atoms with Crippen LogP contribution >= 0.6 is 0 Å². The number of hydrogen-bond donors (Lipinski definition) is 0. The van der Waals surface area contributed by atoms with Gasteiger partial charge < -0.3 is 9.80 Å². The van der Waals surface area contributed by atoms with Gasteiger partial charge in [-0.1, -0.05) is 6.42 Å². The molecule has 0 saturated carbocycles. The molecular formula is C26H27FN4O3. The van der Waals surface area contributed by atoms with E-state index < -0.39 is 5.82 Å². The van der Waals surface area contributed by atoms with Gasteiger partial charge >= 0.3 is 0 Å². The van der Waals surface area contributed by atoms with E-state index in [1.54, 1.807) is 39.8 Å². The van der Waals surface area contributed by atoms with E-state index in [1.165, 1.54) is 13.0 Å². The summed E-state index contributed by atoms with van der Waals surface area (Å²) < 4.78 is 16.3. The highest BCUT2D eigenvalue weighted by molar-refractivity contribution is 5.98. The van der Waals surface area contributed by atoms with Crippen molar-refractivity contribution >= 4 is 28.3 Å². The minimum atomic E-state index is -0.432. The standard InChI is InChI=1S/C26H27FN4O3/c1-17(32)18-7-9-23(21(27)15-18)29-11-13-30(14-12-29)25(33)19-6-8-20-22(16-19)28-24-5-3-2-4-10-31(24)26(20)34/h6-9,15-16H,2-5,10-14H2,1H3. The van der Waals surface area contributed by atoms with Gasteiger partial charge in [0.15, 0.2) is 5.78 Å². The molecule has 2 aromatic carbocycles. The predicted octanol–water partition coefficient (Wildman–Crippen LogP) is 3.43. The lowest BCUT2D eigenvalue weighted by atomic mass is 10.1. The van der Waals surface area contributed by atoms with Crippen LogP contribution in [0.5, 0.6) is 0 Å². The maximum atomic E-state index is 14.5. The Kier molecular flexibility index (Phi) is 5.89. The van der Waals surface area contributed by atoms with Crippen molar-refractivity contribution in [1.29, 1.82) is 0 Å². The summed E-state index contributed by atoms with van der Waals surface area (Å²) in [6.07, 6.45) is 3.85. The zero-order valence-electron chi connectivity index (χ0n) is 19.2. The van der Waals surface area contributed by atoms with Crippen molar-refractivity contribution in [2.75, 3.05) is 31.1 Å². The van der Waals surface area contributed by atoms with Gasteiger partial charge in [-0.25, -0.2) is 9.37 Å². The molecule has 3 aromatic rings. The van der Waals surface area contributed by atoms with Crippen LogP contribution in [0, 0.1) is 5.82 Å². The smallest absolute Gasteiger partial charge is 0.261 e. The van der Waals surface area contributed by atoms with Crippen LogP contribution in [0.15, 0.2) is 41.2 Å². The fourth-order valence-electron chi connectivity index (χ4n) is 4.87. The topological polar surface area (TPSA) is 75.5 Å². The Morgan fingerprint density at radius 1 is 0.912 bits per heavy atom. The van der Waals surface area contributed by atoms with E-state index in [0.29, 0.717) is 60.4 Å². The highest BCUT2D eigenvalue weighted by Crippen LogP contribution is 2.23. The quantitative estimate of drug-likeness (QED) is 0.558. The maximum absolute atomic E-state index is 14.5. The molecule has 2 aliphatic heterocycles. The van der Waals surface area contributed by atoms with Gasteiger partial charge in [0.25, 0.3) is 11.5 Å². The van der Waals surface area contributed by atoms with Gasteiger partial charge in [-0.3, -0.25) is 19.0 Å². The van der Waals surface area contributed by atoms with Crippen molar-refractivity contribution in [2.45, 2.75) is 39.2 Å². The molecule has 2 aliphatic rings. The molecule has 1 aromatic heterocycles. The minimum absolute atomic E-state index is 0.0349. The third-order valence-corrected chi connectivity index (χ3v) is 6.83. The molecule has 0 atom stereocenters. The molecule has 0 N–H and O–H groups in total. The lowest BCUT2D eigenvalue weighted by Gasteiger charge is -2.36. The molecule has 3 heterocycles. The number of ketones is 1. The van der Waals surface area contributed by atoms with Crippen molar-refractivity contribution in [3.05, 3.63) is 69.5 Å². The zero-order valence-corrected chi connectivity index (χ0v) is 19.2. The van der Waals surface area contributed by atoms with E-state index in [1.807, 2.05) is 4.90 Å². The molecule has 0 radical (unpaired) electrons. The number of fused-ring (bicyclic) bond motifs is 2. The molecule has 1 saturated heterocycles. The number of carbonyl (C=O) groups is 2. The third-order valence-electron chi connectivity index (χ3n) is 6.83. The number of amides is 1. The molecule has 1 fully saturated rings. The zero-order chi connectivity index (χ0) is 23.8. The Bertz CT molecular complexity index is 1340. The number of Topliss-reactive ketones (excluding diaryl/α,β-unsaturated/α-hetero) is 1. The lowest BCUT2D eigenvalue weighted by molar-refractivity contribution is 0.0746. The lowest BCUT2D eigenvalue weighted by Crippen LogP contribution is -2.49. The molecule has 176 valence electrons. The number of halogens is 1. The van der Waals surface area contributed by atoms with Crippen LogP contribution in [-0.2, 0) is 13.0 Å². The van der Waals surface area contributed by atoms with Gasteiger partial charge in [-0.05, 0) is 56.2 Å². The van der Waals surface area contributed by atoms with Crippen LogP contribution in [0.1, 0.15) is 52.7 Å². The Hall–Kier alpha value is -3.55. The van der Waals surface area contributed by atoms with E-state index in [-0.39, 0.29) is 17.2 Å². The Labute approximate surface area is 196 Å². The number of benzene rings is 2. The van der Waals surface area contributed by atoms with E-state index >= 15 is 0 Å². The van der Waals surface area contributed by atoms with E-state index in [2.05, 4.69) is 0 Å². The Balaban J connectivity index is 1.33. The summed E-state index contributed by atoms with van der Waals surface area (Å²) in [6.45, 7) is 3.98. The van der Waals surface area contributed by atoms with E-state index in [0.717, 1.165) is 31.5 Å². The first-order chi connectivity index (χ1) is 16.4. The molecule has 34 heavy (non-hydrogen) atoms. The SMILES string of the molecule is CC(=O)c1ccc(N2CCN(C(=O)c3ccc4c(=O)n5c(nc4c3)CCCCC5)CC2)c(F)c1. The molecule has 0 spiro atoms. The van der Waals surface area contributed by atoms with Gasteiger partial charge in [0.05, 0.1) is 16.6 Å². The van der Waals surface area contributed by atoms with Gasteiger partial charge in [0.1, 0.15) is 11.6 Å². The van der Waals surface area contributed by atoms with Crippen LogP contribution in [0.3, 0.4) is 0 Å². The average Bonchev–Trinajstić information content (AvgIpc) is 3.09. The summed E-state index contributed by atoms with van der Waals surface area (Å²) in [6, 6.07) is 9.64. The van der Waals surface area contributed by atoms with E-state index in [4.69, 9.17) is 4.98 Å². The fourth-order valence-corrected chi connectivity index (χ4v) is 4.87. The third kappa shape index (κ3) is 4.08. The largest absolute Gasteiger partial charge is 0.366 e. The van der Waals surface area contributed by atoms with Crippen LogP contribution in [-0.4, -0.2) is 52.3 Å². The minimum Gasteiger partial charge on any atom is -0.366 e. The van der Waals surface area contributed by atoms with Crippen LogP contribution in [0.2, 0.25) is 0 Å². The number of piperazine rings is 1. The van der Waals surface area contributed by atoms with Crippen LogP contribution < -0.4 is 10.5 Å². The highest BCUT2D eigenvalue weighted by atomic mass is 19.1. The summed E-state index contributed by atoms with van der Waals surface area (Å²) in [5, 5.41) is 0.538. The van der Waals surface area contributed by atoms with Crippen molar-refractivity contribution in [3.63, 3.8) is 0 Å². The molecule has 1 amide bonds. The number of nitrogens with zero attached hydrogens (tertiary/aromatic N) is 4.